The molecule has 0 saturated carbocycles. The number of nitrogens with zero attached hydrogens (tertiary/aromatic N) is 4. The van der Waals surface area contributed by atoms with Gasteiger partial charge in [-0.3, -0.25) is 24.0 Å². The number of benzene rings is 3. The van der Waals surface area contributed by atoms with Gasteiger partial charge < -0.3 is 52.8 Å². The molecule has 0 fully saturated rings. The Morgan fingerprint density at radius 1 is 0.985 bits per heavy atom. The summed E-state index contributed by atoms with van der Waals surface area (Å²) in [7, 11) is 2.82. The third kappa shape index (κ3) is 11.4. The summed E-state index contributed by atoms with van der Waals surface area (Å²) in [6.45, 7) is 11.3. The molecule has 4 bridgehead atoms. The number of methoxy groups -OCH3 is 1. The first-order valence-corrected chi connectivity index (χ1v) is 21.3. The molecule has 344 valence electrons. The van der Waals surface area contributed by atoms with E-state index < -0.39 is 53.7 Å². The van der Waals surface area contributed by atoms with Gasteiger partial charge in [-0.25, -0.2) is 9.97 Å². The molecule has 0 saturated heterocycles. The van der Waals surface area contributed by atoms with E-state index in [0.29, 0.717) is 34.0 Å². The first-order valence-electron chi connectivity index (χ1n) is 21.3. The fourth-order valence-corrected chi connectivity index (χ4v) is 7.71. The highest BCUT2D eigenvalue weighted by Gasteiger charge is 2.37. The third-order valence-corrected chi connectivity index (χ3v) is 11.2. The minimum atomic E-state index is -1.48. The second kappa shape index (κ2) is 21.1. The van der Waals surface area contributed by atoms with Crippen LogP contribution in [0.25, 0.3) is 22.5 Å². The quantitative estimate of drug-likeness (QED) is 0.0898. The Labute approximate surface area is 378 Å². The number of phenols is 1. The highest BCUT2D eigenvalue weighted by Crippen LogP contribution is 2.44. The molecule has 0 aliphatic carbocycles. The number of phenolic OH excluding ortho intramolecular Hbond substituents is 1. The van der Waals surface area contributed by atoms with E-state index in [1.165, 1.54) is 27.1 Å². The van der Waals surface area contributed by atoms with Crippen molar-refractivity contribution in [2.24, 2.45) is 11.5 Å². The molecule has 1 aliphatic rings. The van der Waals surface area contributed by atoms with Crippen molar-refractivity contribution in [2.75, 3.05) is 45.7 Å². The van der Waals surface area contributed by atoms with Gasteiger partial charge in [0.1, 0.15) is 42.2 Å². The number of hydrogen-bond acceptors (Lipinski definition) is 13. The molecule has 18 nitrogen and oxygen atoms in total. The second-order valence-electron chi connectivity index (χ2n) is 17.0. The van der Waals surface area contributed by atoms with Crippen molar-refractivity contribution < 1.29 is 33.8 Å². The van der Waals surface area contributed by atoms with Crippen molar-refractivity contribution in [3.8, 4) is 40.1 Å². The number of ether oxygens (including phenoxy) is 1. The number of aromatic nitrogens is 2. The molecule has 10 N–H and O–H groups in total. The van der Waals surface area contributed by atoms with Crippen molar-refractivity contribution in [3.63, 3.8) is 0 Å². The van der Waals surface area contributed by atoms with Gasteiger partial charge in [-0.2, -0.15) is 5.26 Å². The molecular weight excluding hydrogens is 831 g/mol. The van der Waals surface area contributed by atoms with E-state index in [1.54, 1.807) is 38.1 Å². The zero-order valence-corrected chi connectivity index (χ0v) is 38.1. The van der Waals surface area contributed by atoms with Crippen molar-refractivity contribution in [1.82, 2.24) is 36.1 Å². The third-order valence-electron chi connectivity index (χ3n) is 11.2. The van der Waals surface area contributed by atoms with E-state index in [4.69, 9.17) is 21.5 Å². The van der Waals surface area contributed by atoms with Crippen LogP contribution >= 0.6 is 0 Å². The lowest BCUT2D eigenvalue weighted by Crippen LogP contribution is -2.56. The van der Waals surface area contributed by atoms with Crippen LogP contribution in [0.15, 0.2) is 54.6 Å². The summed E-state index contributed by atoms with van der Waals surface area (Å²) in [5.41, 5.74) is 16.4. The standard InChI is InChI=1S/C47H59N11O7/c1-25-38(26(2)54-41(53-25)29-10-12-31(13-11-29)47(4,5)6)44(62)56-34(15-16-48)46(64)58(7)39-30-23-33(40(65-8)35(24-30)51-19-17-49)32-21-28(9-14-37(32)59)22-36(43(61)52-20-18-50)57-42(60)27(3)55-45(39)63/h9-14,21,23-24,27,34,36,39,51,59H,15-17,19-20,22,48-49H2,1-8H3,(H,52,61)(H,55,63)(H,56,62)(H,57,60)/t27-,34-,36-,39-/m0/s1. The number of nitriles is 1. The van der Waals surface area contributed by atoms with Crippen LogP contribution in [0.5, 0.6) is 11.5 Å². The number of likely N-dealkylation sites (N-methyl/N-ethyl adjacent to an activating group) is 1. The summed E-state index contributed by atoms with van der Waals surface area (Å²) >= 11 is 0. The van der Waals surface area contributed by atoms with Crippen LogP contribution in [0.3, 0.4) is 0 Å². The van der Waals surface area contributed by atoms with E-state index in [0.717, 1.165) is 16.0 Å². The largest absolute Gasteiger partial charge is 0.507 e. The van der Waals surface area contributed by atoms with Gasteiger partial charge in [0, 0.05) is 43.2 Å². The van der Waals surface area contributed by atoms with Crippen molar-refractivity contribution in [3.05, 3.63) is 88.2 Å². The Morgan fingerprint density at radius 3 is 2.26 bits per heavy atom. The van der Waals surface area contributed by atoms with Gasteiger partial charge in [-0.05, 0) is 80.1 Å². The Hall–Kier alpha value is -7.10. The molecule has 18 heteroatoms. The van der Waals surface area contributed by atoms with Crippen molar-refractivity contribution >= 4 is 35.2 Å². The Morgan fingerprint density at radius 2 is 1.66 bits per heavy atom. The highest BCUT2D eigenvalue weighted by molar-refractivity contribution is 6.01. The Bertz CT molecular complexity index is 2460. The molecule has 1 aromatic heterocycles. The number of carbonyl (C=O) groups is 5. The molecule has 0 radical (unpaired) electrons. The number of aryl methyl sites for hydroxylation is 2. The highest BCUT2D eigenvalue weighted by atomic mass is 16.5. The van der Waals surface area contributed by atoms with Crippen LogP contribution in [0.4, 0.5) is 5.69 Å². The average molecular weight is 890 g/mol. The first-order chi connectivity index (χ1) is 30.8. The summed E-state index contributed by atoms with van der Waals surface area (Å²) < 4.78 is 5.88. The van der Waals surface area contributed by atoms with E-state index in [1.807, 2.05) is 30.3 Å². The van der Waals surface area contributed by atoms with E-state index >= 15 is 0 Å². The molecular formula is C47H59N11O7. The number of hydrogen-bond donors (Lipinski definition) is 8. The zero-order valence-electron chi connectivity index (χ0n) is 38.1. The van der Waals surface area contributed by atoms with Crippen LogP contribution in [0, 0.1) is 25.2 Å². The second-order valence-corrected chi connectivity index (χ2v) is 17.0. The minimum Gasteiger partial charge on any atom is -0.507 e. The summed E-state index contributed by atoms with van der Waals surface area (Å²) in [5.74, 6) is -2.96. The van der Waals surface area contributed by atoms with E-state index in [-0.39, 0.29) is 72.6 Å². The lowest BCUT2D eigenvalue weighted by atomic mass is 9.86. The Balaban J connectivity index is 1.58. The van der Waals surface area contributed by atoms with E-state index in [2.05, 4.69) is 57.3 Å². The van der Waals surface area contributed by atoms with Gasteiger partial charge in [0.2, 0.25) is 23.6 Å². The van der Waals surface area contributed by atoms with Gasteiger partial charge >= 0.3 is 0 Å². The summed E-state index contributed by atoms with van der Waals surface area (Å²) in [6, 6.07) is 12.4. The van der Waals surface area contributed by atoms with Crippen LogP contribution in [-0.4, -0.2) is 108 Å². The molecule has 5 amide bonds. The summed E-state index contributed by atoms with van der Waals surface area (Å²) in [4.78, 5) is 80.9. The number of nitrogens with one attached hydrogen (secondary N) is 5. The van der Waals surface area contributed by atoms with Gasteiger partial charge in [-0.1, -0.05) is 51.1 Å². The predicted octanol–water partition coefficient (Wildman–Crippen LogP) is 2.64. The van der Waals surface area contributed by atoms with Gasteiger partial charge in [0.05, 0.1) is 35.8 Å². The number of fused-ring (bicyclic) bond motifs is 5. The van der Waals surface area contributed by atoms with Crippen molar-refractivity contribution in [1.29, 1.82) is 5.26 Å². The van der Waals surface area contributed by atoms with E-state index in [9.17, 15) is 29.1 Å². The molecule has 2 heterocycles. The van der Waals surface area contributed by atoms with Crippen LogP contribution < -0.4 is 42.8 Å². The van der Waals surface area contributed by atoms with Crippen LogP contribution in [0.1, 0.15) is 78.6 Å². The van der Waals surface area contributed by atoms with Gasteiger partial charge in [0.15, 0.2) is 5.82 Å². The fraction of sp³-hybridized carbons (Fsp3) is 0.404. The maximum absolute atomic E-state index is 14.8. The number of anilines is 1. The fourth-order valence-electron chi connectivity index (χ4n) is 7.71. The number of amides is 5. The lowest BCUT2D eigenvalue weighted by Gasteiger charge is -2.33. The number of nitrogens with two attached hydrogens (primary N) is 2. The Kier molecular flexibility index (Phi) is 15.8. The first kappa shape index (κ1) is 48.9. The maximum atomic E-state index is 14.8. The summed E-state index contributed by atoms with van der Waals surface area (Å²) in [6.07, 6.45) is -0.0710. The molecule has 1 aliphatic heterocycles. The molecule has 4 atom stereocenters. The molecule has 5 rings (SSSR count). The molecule has 0 spiro atoms. The molecule has 3 aromatic carbocycles. The van der Waals surface area contributed by atoms with Gasteiger partial charge in [0.25, 0.3) is 5.91 Å². The van der Waals surface area contributed by atoms with Gasteiger partial charge in [-0.15, -0.1) is 0 Å². The number of aromatic hydroxyl groups is 1. The maximum Gasteiger partial charge on any atom is 0.255 e. The zero-order chi connectivity index (χ0) is 47.7. The molecule has 65 heavy (non-hydrogen) atoms. The lowest BCUT2D eigenvalue weighted by molar-refractivity contribution is -0.141. The van der Waals surface area contributed by atoms with Crippen LogP contribution in [-0.2, 0) is 31.0 Å². The smallest absolute Gasteiger partial charge is 0.255 e. The average Bonchev–Trinajstić information content (AvgIpc) is 3.26. The van der Waals surface area contributed by atoms with Crippen molar-refractivity contribution in [2.45, 2.75) is 84.0 Å². The molecule has 4 aromatic rings. The monoisotopic (exact) mass is 889 g/mol. The number of rotatable bonds is 13. The summed E-state index contributed by atoms with van der Waals surface area (Å²) in [5, 5.41) is 34.3. The minimum absolute atomic E-state index is 0.0187. The number of carbonyl (C=O) groups excluding carboxylic acids is 5. The predicted molar refractivity (Wildman–Crippen MR) is 246 cm³/mol. The van der Waals surface area contributed by atoms with Crippen LogP contribution in [0.2, 0.25) is 0 Å². The molecule has 0 unspecified atom stereocenters. The topological polar surface area (TPSA) is 280 Å². The normalized spacial score (nSPS) is 16.7. The SMILES string of the molecule is COc1c(NCCN)cc2cc1-c1cc(ccc1O)C[C@@H](C(=O)NCC#N)NC(=O)[C@H](C)NC(=O)[C@H]2N(C)C(=O)[C@H](CCN)NC(=O)c1c(C)nc(-c2ccc(C(C)(C)C)cc2)nc1C.